The number of likely N-dealkylation sites (N-methyl/N-ethyl adjacent to an activating group) is 1. The Morgan fingerprint density at radius 3 is 2.57 bits per heavy atom. The van der Waals surface area contributed by atoms with Gasteiger partial charge < -0.3 is 10.2 Å². The molecule has 21 heavy (non-hydrogen) atoms. The van der Waals surface area contributed by atoms with Crippen molar-refractivity contribution < 1.29 is 13.2 Å². The minimum absolute atomic E-state index is 0.101. The third-order valence-electron chi connectivity index (χ3n) is 3.67. The van der Waals surface area contributed by atoms with Gasteiger partial charge in [-0.3, -0.25) is 0 Å². The molecule has 1 fully saturated rings. The summed E-state index contributed by atoms with van der Waals surface area (Å²) in [6, 6.07) is 6.06. The van der Waals surface area contributed by atoms with Crippen molar-refractivity contribution in [2.75, 3.05) is 20.1 Å². The molecule has 1 heterocycles. The molecule has 2 rings (SSSR count). The highest BCUT2D eigenvalue weighted by Crippen LogP contribution is 2.13. The third kappa shape index (κ3) is 3.95. The molecule has 1 aromatic carbocycles. The van der Waals surface area contributed by atoms with Gasteiger partial charge in [0, 0.05) is 19.1 Å². The van der Waals surface area contributed by atoms with Crippen LogP contribution in [0.2, 0.25) is 0 Å². The summed E-state index contributed by atoms with van der Waals surface area (Å²) in [6.45, 7) is 2.97. The molecule has 0 aromatic heterocycles. The molecular formula is C14H21N3O3S. The Morgan fingerprint density at radius 2 is 1.95 bits per heavy atom. The van der Waals surface area contributed by atoms with Gasteiger partial charge in [0.15, 0.2) is 0 Å². The van der Waals surface area contributed by atoms with Crippen molar-refractivity contribution in [1.82, 2.24) is 14.9 Å². The Bertz CT molecular complexity index is 598. The number of aryl methyl sites for hydroxylation is 1. The molecule has 1 aliphatic rings. The summed E-state index contributed by atoms with van der Waals surface area (Å²) in [5, 5.41) is 3.12. The van der Waals surface area contributed by atoms with Crippen LogP contribution in [0.1, 0.15) is 18.4 Å². The number of rotatable bonds is 3. The first-order chi connectivity index (χ1) is 9.92. The van der Waals surface area contributed by atoms with Crippen molar-refractivity contribution in [3.8, 4) is 0 Å². The van der Waals surface area contributed by atoms with Crippen LogP contribution in [0.4, 0.5) is 4.79 Å². The number of piperidine rings is 1. The van der Waals surface area contributed by atoms with Gasteiger partial charge >= 0.3 is 6.03 Å². The van der Waals surface area contributed by atoms with Crippen LogP contribution in [0.25, 0.3) is 0 Å². The maximum Gasteiger partial charge on any atom is 0.331 e. The first-order valence-corrected chi connectivity index (χ1v) is 8.46. The second-order valence-corrected chi connectivity index (χ2v) is 6.98. The van der Waals surface area contributed by atoms with Crippen molar-refractivity contribution in [3.05, 3.63) is 29.8 Å². The van der Waals surface area contributed by atoms with Gasteiger partial charge in [-0.05, 0) is 38.9 Å². The van der Waals surface area contributed by atoms with Crippen LogP contribution >= 0.6 is 0 Å². The fourth-order valence-corrected chi connectivity index (χ4v) is 3.32. The average molecular weight is 311 g/mol. The zero-order valence-corrected chi connectivity index (χ0v) is 13.1. The number of hydrogen-bond acceptors (Lipinski definition) is 4. The average Bonchev–Trinajstić information content (AvgIpc) is 2.47. The number of carbonyl (C=O) groups excluding carboxylic acids is 1. The van der Waals surface area contributed by atoms with Gasteiger partial charge in [0.25, 0.3) is 10.0 Å². The Morgan fingerprint density at radius 1 is 1.29 bits per heavy atom. The molecule has 2 amide bonds. The number of nitrogens with zero attached hydrogens (tertiary/aromatic N) is 1. The van der Waals surface area contributed by atoms with E-state index in [0.717, 1.165) is 18.4 Å². The standard InChI is InChI=1S/C14H21N3O3S/c1-11-5-7-13(8-6-11)21(19,20)16-14(18)17-9-3-4-12(10-17)15-2/h5-8,12,15H,3-4,9-10H2,1-2H3,(H,16,18). The van der Waals surface area contributed by atoms with E-state index in [-0.39, 0.29) is 10.9 Å². The monoisotopic (exact) mass is 311 g/mol. The minimum atomic E-state index is -3.81. The van der Waals surface area contributed by atoms with Gasteiger partial charge in [0.1, 0.15) is 0 Å². The molecule has 0 bridgehead atoms. The molecule has 0 spiro atoms. The molecule has 1 unspecified atom stereocenters. The molecule has 1 aromatic rings. The number of sulfonamides is 1. The first kappa shape index (κ1) is 15.8. The van der Waals surface area contributed by atoms with E-state index >= 15 is 0 Å². The Hall–Kier alpha value is -1.60. The predicted octanol–water partition coefficient (Wildman–Crippen LogP) is 1.08. The molecule has 116 valence electrons. The molecule has 1 atom stereocenters. The molecule has 0 radical (unpaired) electrons. The Labute approximate surface area is 125 Å². The maximum absolute atomic E-state index is 12.2. The van der Waals surface area contributed by atoms with E-state index in [9.17, 15) is 13.2 Å². The van der Waals surface area contributed by atoms with E-state index < -0.39 is 16.1 Å². The van der Waals surface area contributed by atoms with Gasteiger partial charge in [0.2, 0.25) is 0 Å². The summed E-state index contributed by atoms with van der Waals surface area (Å²) in [6.07, 6.45) is 1.86. The van der Waals surface area contributed by atoms with Gasteiger partial charge in [-0.15, -0.1) is 0 Å². The van der Waals surface area contributed by atoms with Gasteiger partial charge in [-0.2, -0.15) is 0 Å². The molecule has 1 saturated heterocycles. The summed E-state index contributed by atoms with van der Waals surface area (Å²) in [5.41, 5.74) is 0.966. The quantitative estimate of drug-likeness (QED) is 0.875. The molecule has 2 N–H and O–H groups in total. The van der Waals surface area contributed by atoms with Crippen molar-refractivity contribution in [1.29, 1.82) is 0 Å². The van der Waals surface area contributed by atoms with Crippen molar-refractivity contribution in [3.63, 3.8) is 0 Å². The fraction of sp³-hybridized carbons (Fsp3) is 0.500. The summed E-state index contributed by atoms with van der Waals surface area (Å²) in [4.78, 5) is 13.8. The van der Waals surface area contributed by atoms with Crippen LogP contribution in [0.5, 0.6) is 0 Å². The smallest absolute Gasteiger partial charge is 0.322 e. The molecule has 0 aliphatic carbocycles. The highest BCUT2D eigenvalue weighted by atomic mass is 32.2. The molecular weight excluding hydrogens is 290 g/mol. The van der Waals surface area contributed by atoms with Crippen LogP contribution in [0.15, 0.2) is 29.2 Å². The number of urea groups is 1. The van der Waals surface area contributed by atoms with E-state index in [1.54, 1.807) is 12.1 Å². The number of hydrogen-bond donors (Lipinski definition) is 2. The Kier molecular flexibility index (Phi) is 4.84. The zero-order chi connectivity index (χ0) is 15.5. The number of benzene rings is 1. The van der Waals surface area contributed by atoms with Crippen molar-refractivity contribution in [2.24, 2.45) is 0 Å². The van der Waals surface area contributed by atoms with Gasteiger partial charge in [-0.1, -0.05) is 17.7 Å². The lowest BCUT2D eigenvalue weighted by molar-refractivity contribution is 0.180. The molecule has 7 heteroatoms. The minimum Gasteiger partial charge on any atom is -0.322 e. The van der Waals surface area contributed by atoms with Crippen LogP contribution in [0, 0.1) is 6.92 Å². The molecule has 1 aliphatic heterocycles. The van der Waals surface area contributed by atoms with E-state index in [1.807, 2.05) is 14.0 Å². The second-order valence-electron chi connectivity index (χ2n) is 5.30. The SMILES string of the molecule is CNC1CCCN(C(=O)NS(=O)(=O)c2ccc(C)cc2)C1. The topological polar surface area (TPSA) is 78.5 Å². The largest absolute Gasteiger partial charge is 0.331 e. The zero-order valence-electron chi connectivity index (χ0n) is 12.3. The van der Waals surface area contributed by atoms with E-state index in [1.165, 1.54) is 17.0 Å². The molecule has 0 saturated carbocycles. The fourth-order valence-electron chi connectivity index (χ4n) is 2.35. The second kappa shape index (κ2) is 6.44. The number of nitrogens with one attached hydrogen (secondary N) is 2. The van der Waals surface area contributed by atoms with Gasteiger partial charge in [0.05, 0.1) is 4.90 Å². The number of carbonyl (C=O) groups is 1. The lowest BCUT2D eigenvalue weighted by atomic mass is 10.1. The first-order valence-electron chi connectivity index (χ1n) is 6.98. The third-order valence-corrected chi connectivity index (χ3v) is 5.01. The Balaban J connectivity index is 2.06. The summed E-state index contributed by atoms with van der Waals surface area (Å²) in [5.74, 6) is 0. The highest BCUT2D eigenvalue weighted by Gasteiger charge is 2.26. The van der Waals surface area contributed by atoms with Crippen molar-refractivity contribution >= 4 is 16.1 Å². The summed E-state index contributed by atoms with van der Waals surface area (Å²) >= 11 is 0. The van der Waals surface area contributed by atoms with Gasteiger partial charge in [-0.25, -0.2) is 17.9 Å². The van der Waals surface area contributed by atoms with Crippen LogP contribution < -0.4 is 10.0 Å². The lowest BCUT2D eigenvalue weighted by Crippen LogP contribution is -2.51. The number of amides is 2. The van der Waals surface area contributed by atoms with Crippen LogP contribution in [0.3, 0.4) is 0 Å². The number of likely N-dealkylation sites (tertiary alicyclic amines) is 1. The predicted molar refractivity (Wildman–Crippen MR) is 80.6 cm³/mol. The summed E-state index contributed by atoms with van der Waals surface area (Å²) in [7, 11) is -1.97. The van der Waals surface area contributed by atoms with E-state index in [4.69, 9.17) is 0 Å². The highest BCUT2D eigenvalue weighted by molar-refractivity contribution is 7.90. The van der Waals surface area contributed by atoms with Crippen LogP contribution in [-0.2, 0) is 10.0 Å². The normalized spacial score (nSPS) is 19.3. The van der Waals surface area contributed by atoms with E-state index in [0.29, 0.717) is 13.1 Å². The van der Waals surface area contributed by atoms with Crippen LogP contribution in [-0.4, -0.2) is 45.5 Å². The maximum atomic E-state index is 12.2. The van der Waals surface area contributed by atoms with E-state index in [2.05, 4.69) is 10.0 Å². The lowest BCUT2D eigenvalue weighted by Gasteiger charge is -2.32. The summed E-state index contributed by atoms with van der Waals surface area (Å²) < 4.78 is 26.5. The molecule has 6 nitrogen and oxygen atoms in total. The van der Waals surface area contributed by atoms with Crippen molar-refractivity contribution in [2.45, 2.75) is 30.7 Å².